The van der Waals surface area contributed by atoms with Gasteiger partial charge in [-0.05, 0) is 23.8 Å². The maximum Gasteiger partial charge on any atom is 0.256 e. The van der Waals surface area contributed by atoms with Gasteiger partial charge in [0.1, 0.15) is 5.82 Å². The molecule has 2 heterocycles. The third-order valence-electron chi connectivity index (χ3n) is 5.75. The van der Waals surface area contributed by atoms with Crippen molar-refractivity contribution in [3.05, 3.63) is 81.0 Å². The lowest BCUT2D eigenvalue weighted by molar-refractivity contribution is -0.118. The predicted molar refractivity (Wildman–Crippen MR) is 131 cm³/mol. The van der Waals surface area contributed by atoms with Crippen molar-refractivity contribution in [2.45, 2.75) is 31.2 Å². The SMILES string of the molecule is COc1cccc(CNC(=O)CSc2nc3c(c(=O)[nH]2)CN(Cc2ccc(F)cc2)CC3)c1OC. The zero-order valence-electron chi connectivity index (χ0n) is 19.6. The average Bonchev–Trinajstić information content (AvgIpc) is 2.87. The number of nitrogens with one attached hydrogen (secondary N) is 2. The van der Waals surface area contributed by atoms with Gasteiger partial charge in [0.2, 0.25) is 5.91 Å². The Bertz CT molecular complexity index is 1250. The molecule has 1 amide bonds. The number of amides is 1. The summed E-state index contributed by atoms with van der Waals surface area (Å²) in [5, 5.41) is 3.29. The maximum atomic E-state index is 13.1. The minimum absolute atomic E-state index is 0.116. The summed E-state index contributed by atoms with van der Waals surface area (Å²) in [4.78, 5) is 34.6. The Hall–Kier alpha value is -3.37. The Morgan fingerprint density at radius 2 is 2.00 bits per heavy atom. The number of carbonyl (C=O) groups is 1. The molecule has 1 aliphatic rings. The fraction of sp³-hybridized carbons (Fsp3) is 0.320. The molecule has 8 nitrogen and oxygen atoms in total. The smallest absolute Gasteiger partial charge is 0.256 e. The molecular formula is C25H27FN4O4S. The number of methoxy groups -OCH3 is 2. The van der Waals surface area contributed by atoms with Crippen LogP contribution in [-0.2, 0) is 30.8 Å². The molecule has 0 saturated carbocycles. The highest BCUT2D eigenvalue weighted by molar-refractivity contribution is 7.99. The van der Waals surface area contributed by atoms with Crippen molar-refractivity contribution in [2.75, 3.05) is 26.5 Å². The fourth-order valence-electron chi connectivity index (χ4n) is 3.98. The molecule has 1 aliphatic heterocycles. The van der Waals surface area contributed by atoms with E-state index in [1.54, 1.807) is 32.4 Å². The zero-order chi connectivity index (χ0) is 24.8. The summed E-state index contributed by atoms with van der Waals surface area (Å²) in [6.45, 7) is 2.14. The molecule has 184 valence electrons. The van der Waals surface area contributed by atoms with E-state index in [9.17, 15) is 14.0 Å². The van der Waals surface area contributed by atoms with E-state index in [2.05, 4.69) is 20.2 Å². The number of carbonyl (C=O) groups excluding carboxylic acids is 1. The van der Waals surface area contributed by atoms with Crippen LogP contribution in [0.3, 0.4) is 0 Å². The second kappa shape index (κ2) is 11.4. The molecule has 0 spiro atoms. The Morgan fingerprint density at radius 1 is 1.20 bits per heavy atom. The monoisotopic (exact) mass is 498 g/mol. The molecule has 10 heteroatoms. The molecule has 3 aromatic rings. The topological polar surface area (TPSA) is 96.5 Å². The van der Waals surface area contributed by atoms with E-state index >= 15 is 0 Å². The average molecular weight is 499 g/mol. The number of thioether (sulfide) groups is 1. The van der Waals surface area contributed by atoms with Crippen LogP contribution in [0.4, 0.5) is 4.39 Å². The molecule has 0 atom stereocenters. The highest BCUT2D eigenvalue weighted by atomic mass is 32.2. The van der Waals surface area contributed by atoms with Crippen molar-refractivity contribution in [1.82, 2.24) is 20.2 Å². The van der Waals surface area contributed by atoms with Crippen molar-refractivity contribution in [2.24, 2.45) is 0 Å². The second-order valence-corrected chi connectivity index (χ2v) is 9.07. The second-order valence-electron chi connectivity index (χ2n) is 8.10. The number of rotatable bonds is 9. The molecule has 35 heavy (non-hydrogen) atoms. The molecular weight excluding hydrogens is 471 g/mol. The van der Waals surface area contributed by atoms with E-state index in [0.717, 1.165) is 23.4 Å². The van der Waals surface area contributed by atoms with E-state index in [1.807, 2.05) is 12.1 Å². The van der Waals surface area contributed by atoms with Gasteiger partial charge in [-0.25, -0.2) is 9.37 Å². The molecule has 0 radical (unpaired) electrons. The first-order chi connectivity index (χ1) is 17.0. The Kier molecular flexibility index (Phi) is 8.04. The highest BCUT2D eigenvalue weighted by Gasteiger charge is 2.22. The number of halogens is 1. The quantitative estimate of drug-likeness (QED) is 0.346. The summed E-state index contributed by atoms with van der Waals surface area (Å²) in [6, 6.07) is 11.9. The van der Waals surface area contributed by atoms with Crippen LogP contribution in [-0.4, -0.2) is 47.3 Å². The van der Waals surface area contributed by atoms with Crippen molar-refractivity contribution in [3.8, 4) is 11.5 Å². The van der Waals surface area contributed by atoms with Crippen molar-refractivity contribution in [1.29, 1.82) is 0 Å². The van der Waals surface area contributed by atoms with Crippen molar-refractivity contribution < 1.29 is 18.7 Å². The molecule has 0 aliphatic carbocycles. The standard InChI is InChI=1S/C25H27FN4O4S/c1-33-21-5-3-4-17(23(21)34-2)12-27-22(31)15-35-25-28-20-10-11-30(14-19(20)24(32)29-25)13-16-6-8-18(26)9-7-16/h3-9H,10-15H2,1-2H3,(H,27,31)(H,28,29,32). The van der Waals surface area contributed by atoms with E-state index in [-0.39, 0.29) is 29.6 Å². The van der Waals surface area contributed by atoms with Gasteiger partial charge in [-0.1, -0.05) is 36.0 Å². The van der Waals surface area contributed by atoms with Gasteiger partial charge >= 0.3 is 0 Å². The molecule has 4 rings (SSSR count). The first-order valence-electron chi connectivity index (χ1n) is 11.1. The van der Waals surface area contributed by atoms with Crippen molar-refractivity contribution >= 4 is 17.7 Å². The molecule has 0 unspecified atom stereocenters. The molecule has 0 saturated heterocycles. The maximum absolute atomic E-state index is 13.1. The number of ether oxygens (including phenoxy) is 2. The minimum atomic E-state index is -0.267. The Morgan fingerprint density at radius 3 is 2.74 bits per heavy atom. The Balaban J connectivity index is 1.32. The van der Waals surface area contributed by atoms with E-state index < -0.39 is 0 Å². The van der Waals surface area contributed by atoms with Crippen LogP contribution in [0.15, 0.2) is 52.4 Å². The summed E-state index contributed by atoms with van der Waals surface area (Å²) < 4.78 is 23.8. The van der Waals surface area contributed by atoms with Crippen LogP contribution >= 0.6 is 11.8 Å². The fourth-order valence-corrected chi connectivity index (χ4v) is 4.69. The lowest BCUT2D eigenvalue weighted by atomic mass is 10.1. The normalized spacial score (nSPS) is 13.2. The Labute approximate surface area is 206 Å². The number of benzene rings is 2. The van der Waals surface area contributed by atoms with Gasteiger partial charge in [-0.3, -0.25) is 14.5 Å². The lowest BCUT2D eigenvalue weighted by Gasteiger charge is -2.27. The summed E-state index contributed by atoms with van der Waals surface area (Å²) in [7, 11) is 3.12. The van der Waals surface area contributed by atoms with Crippen LogP contribution < -0.4 is 20.3 Å². The molecule has 1 aromatic heterocycles. The number of fused-ring (bicyclic) bond motifs is 1. The van der Waals surface area contributed by atoms with Gasteiger partial charge in [-0.15, -0.1) is 0 Å². The summed E-state index contributed by atoms with van der Waals surface area (Å²) in [5.41, 5.74) is 2.99. The molecule has 0 bridgehead atoms. The molecule has 2 aromatic carbocycles. The molecule has 0 fully saturated rings. The predicted octanol–water partition coefficient (Wildman–Crippen LogP) is 2.89. The van der Waals surface area contributed by atoms with Crippen LogP contribution in [0.5, 0.6) is 11.5 Å². The largest absolute Gasteiger partial charge is 0.493 e. The number of hydrogen-bond acceptors (Lipinski definition) is 7. The van der Waals surface area contributed by atoms with E-state index in [1.165, 1.54) is 23.9 Å². The number of nitrogens with zero attached hydrogens (tertiary/aromatic N) is 2. The summed E-state index contributed by atoms with van der Waals surface area (Å²) in [5.74, 6) is 0.839. The van der Waals surface area contributed by atoms with Gasteiger partial charge in [-0.2, -0.15) is 0 Å². The summed E-state index contributed by atoms with van der Waals surface area (Å²) in [6.07, 6.45) is 0.635. The van der Waals surface area contributed by atoms with Gasteiger partial charge in [0.05, 0.1) is 31.2 Å². The first-order valence-corrected chi connectivity index (χ1v) is 12.1. The van der Waals surface area contributed by atoms with Crippen LogP contribution in [0.25, 0.3) is 0 Å². The van der Waals surface area contributed by atoms with Crippen molar-refractivity contribution in [3.63, 3.8) is 0 Å². The third kappa shape index (κ3) is 6.20. The minimum Gasteiger partial charge on any atom is -0.493 e. The lowest BCUT2D eigenvalue weighted by Crippen LogP contribution is -2.35. The number of hydrogen-bond donors (Lipinski definition) is 2. The number of H-pyrrole nitrogens is 1. The first kappa shape index (κ1) is 24.7. The van der Waals surface area contributed by atoms with Crippen LogP contribution in [0.2, 0.25) is 0 Å². The van der Waals surface area contributed by atoms with Gasteiger partial charge in [0, 0.05) is 38.2 Å². The van der Waals surface area contributed by atoms with E-state index in [4.69, 9.17) is 9.47 Å². The number of aromatic nitrogens is 2. The van der Waals surface area contributed by atoms with E-state index in [0.29, 0.717) is 41.7 Å². The summed E-state index contributed by atoms with van der Waals surface area (Å²) >= 11 is 1.19. The number of para-hydroxylation sites is 1. The van der Waals surface area contributed by atoms with Crippen LogP contribution in [0.1, 0.15) is 22.4 Å². The van der Waals surface area contributed by atoms with Gasteiger partial charge in [0.15, 0.2) is 16.7 Å². The highest BCUT2D eigenvalue weighted by Crippen LogP contribution is 2.30. The van der Waals surface area contributed by atoms with Gasteiger partial charge < -0.3 is 19.8 Å². The van der Waals surface area contributed by atoms with Gasteiger partial charge in [0.25, 0.3) is 5.56 Å². The zero-order valence-corrected chi connectivity index (χ0v) is 20.4. The number of aromatic amines is 1. The third-order valence-corrected chi connectivity index (χ3v) is 6.62. The van der Waals surface area contributed by atoms with Crippen LogP contribution in [0, 0.1) is 5.82 Å². The molecule has 2 N–H and O–H groups in total.